The Bertz CT molecular complexity index is 80.4. The van der Waals surface area contributed by atoms with Crippen LogP contribution in [0.3, 0.4) is 0 Å². The van der Waals surface area contributed by atoms with Gasteiger partial charge in [0.15, 0.2) is 6.61 Å². The van der Waals surface area contributed by atoms with Crippen molar-refractivity contribution in [3.05, 3.63) is 12.7 Å². The van der Waals surface area contributed by atoms with Crippen LogP contribution in [0.25, 0.3) is 0 Å². The number of halogens is 1. The fourth-order valence-corrected chi connectivity index (χ4v) is 0.816. The van der Waals surface area contributed by atoms with Gasteiger partial charge in [-0.2, -0.15) is 0 Å². The topological polar surface area (TPSA) is 113 Å². The Morgan fingerprint density at radius 3 is 2.00 bits per heavy atom. The molecule has 56 valence electrons. The van der Waals surface area contributed by atoms with Gasteiger partial charge in [0.2, 0.25) is 0 Å². The van der Waals surface area contributed by atoms with Crippen molar-refractivity contribution in [1.82, 2.24) is 6.15 Å². The summed E-state index contributed by atoms with van der Waals surface area (Å²) in [6.07, 6.45) is 1.20. The number of hydrogen-bond donors (Lipinski definition) is 1. The lowest BCUT2D eigenvalue weighted by atomic mass is 10.7. The summed E-state index contributed by atoms with van der Waals surface area (Å²) in [4.78, 5) is 0. The molecule has 0 amide bonds. The van der Waals surface area contributed by atoms with Gasteiger partial charge in [-0.15, -0.1) is 6.58 Å². The number of rotatable bonds is 3. The summed E-state index contributed by atoms with van der Waals surface area (Å²) < 4.78 is 32.8. The molecule has 3 N–H and O–H groups in total. The summed E-state index contributed by atoms with van der Waals surface area (Å²) in [6, 6.07) is 0. The van der Waals surface area contributed by atoms with Crippen molar-refractivity contribution < 1.29 is 33.5 Å². The largest absolute Gasteiger partial charge is 0.373 e. The Hall–Kier alpha value is 0.270. The SMILES string of the molecule is C=CCO[I+3]([O-])([O-])[O-].N. The normalized spacial score (nSPS) is 10.1. The van der Waals surface area contributed by atoms with Crippen molar-refractivity contribution in [2.24, 2.45) is 0 Å². The molecule has 0 fully saturated rings. The maximum Gasteiger partial charge on any atom is 0.373 e. The van der Waals surface area contributed by atoms with Crippen molar-refractivity contribution in [3.8, 4) is 0 Å². The molecule has 0 aromatic heterocycles. The molecule has 6 heteroatoms. The van der Waals surface area contributed by atoms with Crippen molar-refractivity contribution in [3.63, 3.8) is 0 Å². The van der Waals surface area contributed by atoms with Crippen molar-refractivity contribution in [2.45, 2.75) is 0 Å². The lowest BCUT2D eigenvalue weighted by molar-refractivity contribution is -1.92. The summed E-state index contributed by atoms with van der Waals surface area (Å²) in [5.74, 6) is 0. The third-order valence-electron chi connectivity index (χ3n) is 0.314. The van der Waals surface area contributed by atoms with Gasteiger partial charge in [-0.1, -0.05) is 6.08 Å². The maximum absolute atomic E-state index is 9.66. The van der Waals surface area contributed by atoms with E-state index in [0.29, 0.717) is 0 Å². The molecule has 0 aromatic rings. The molecule has 5 nitrogen and oxygen atoms in total. The van der Waals surface area contributed by atoms with Gasteiger partial charge in [0.25, 0.3) is 0 Å². The summed E-state index contributed by atoms with van der Waals surface area (Å²) >= 11 is -5.36. The van der Waals surface area contributed by atoms with Crippen LogP contribution < -0.4 is 36.6 Å². The van der Waals surface area contributed by atoms with E-state index in [4.69, 9.17) is 0 Å². The first-order valence-electron chi connectivity index (χ1n) is 1.72. The molecule has 0 saturated carbocycles. The first kappa shape index (κ1) is 12.0. The van der Waals surface area contributed by atoms with E-state index in [2.05, 4.69) is 9.65 Å². The van der Waals surface area contributed by atoms with Crippen LogP contribution in [0.15, 0.2) is 12.7 Å². The van der Waals surface area contributed by atoms with E-state index in [0.717, 1.165) is 0 Å². The summed E-state index contributed by atoms with van der Waals surface area (Å²) in [5, 5.41) is 0. The molecule has 0 unspecified atom stereocenters. The highest BCUT2D eigenvalue weighted by atomic mass is 127. The summed E-state index contributed by atoms with van der Waals surface area (Å²) in [6.45, 7) is 2.94. The van der Waals surface area contributed by atoms with Crippen molar-refractivity contribution in [2.75, 3.05) is 6.61 Å². The van der Waals surface area contributed by atoms with Crippen LogP contribution in [0.1, 0.15) is 0 Å². The van der Waals surface area contributed by atoms with E-state index in [1.54, 1.807) is 0 Å². The smallest absolute Gasteiger partial charge is 0.344 e. The maximum atomic E-state index is 9.66. The Morgan fingerprint density at radius 1 is 1.44 bits per heavy atom. The average Bonchev–Trinajstić information content (AvgIpc) is 1.59. The van der Waals surface area contributed by atoms with E-state index in [1.165, 1.54) is 6.08 Å². The Labute approximate surface area is 59.3 Å². The van der Waals surface area contributed by atoms with E-state index in [9.17, 15) is 10.3 Å². The summed E-state index contributed by atoms with van der Waals surface area (Å²) in [5.41, 5.74) is 0. The quantitative estimate of drug-likeness (QED) is 0.395. The Morgan fingerprint density at radius 2 is 1.89 bits per heavy atom. The molecule has 0 atom stereocenters. The van der Waals surface area contributed by atoms with Gasteiger partial charge in [-0.3, -0.25) is 10.3 Å². The molecular weight excluding hydrogens is 241 g/mol. The van der Waals surface area contributed by atoms with E-state index in [-0.39, 0.29) is 12.8 Å². The predicted molar refractivity (Wildman–Crippen MR) is 21.2 cm³/mol. The second kappa shape index (κ2) is 5.09. The van der Waals surface area contributed by atoms with Crippen LogP contribution in [-0.2, 0) is 3.07 Å². The average molecular weight is 249 g/mol. The molecule has 0 bridgehead atoms. The van der Waals surface area contributed by atoms with Crippen LogP contribution >= 0.6 is 0 Å². The van der Waals surface area contributed by atoms with Gasteiger partial charge >= 0.3 is 20.1 Å². The van der Waals surface area contributed by atoms with Gasteiger partial charge in [0.05, 0.1) is 0 Å². The number of hydrogen-bond acceptors (Lipinski definition) is 5. The van der Waals surface area contributed by atoms with Crippen molar-refractivity contribution >= 4 is 0 Å². The predicted octanol–water partition coefficient (Wildman–Crippen LogP) is -5.75. The molecule has 9 heavy (non-hydrogen) atoms. The van der Waals surface area contributed by atoms with Gasteiger partial charge in [0, 0.05) is 3.07 Å². The van der Waals surface area contributed by atoms with Crippen LogP contribution in [0, 0.1) is 0 Å². The minimum Gasteiger partial charge on any atom is -0.344 e. The Kier molecular flexibility index (Phi) is 6.78. The molecule has 0 radical (unpaired) electrons. The van der Waals surface area contributed by atoms with Gasteiger partial charge in [0.1, 0.15) is 0 Å². The van der Waals surface area contributed by atoms with Crippen LogP contribution in [0.5, 0.6) is 0 Å². The monoisotopic (exact) mass is 249 g/mol. The van der Waals surface area contributed by atoms with Gasteiger partial charge in [-0.05, 0) is 0 Å². The first-order chi connectivity index (χ1) is 3.56. The molecule has 0 aliphatic rings. The molecule has 0 heterocycles. The van der Waals surface area contributed by atoms with Gasteiger partial charge in [-0.25, -0.2) is 0 Å². The summed E-state index contributed by atoms with van der Waals surface area (Å²) in [7, 11) is 0. The van der Waals surface area contributed by atoms with E-state index in [1.807, 2.05) is 0 Å². The zero-order valence-electron chi connectivity index (χ0n) is 4.71. The standard InChI is InChI=1S/C3H5IO4.H3N/c1-2-3-8-4(5,6)7;/h2H,1,3H2;1H3. The molecule has 0 saturated heterocycles. The molecular formula is C3H8INO4. The van der Waals surface area contributed by atoms with Crippen molar-refractivity contribution in [1.29, 1.82) is 0 Å². The zero-order chi connectivity index (χ0) is 6.62. The van der Waals surface area contributed by atoms with E-state index < -0.39 is 20.1 Å². The van der Waals surface area contributed by atoms with Crippen LogP contribution in [-0.4, -0.2) is 6.61 Å². The Balaban J connectivity index is 0. The van der Waals surface area contributed by atoms with Crippen LogP contribution in [0.2, 0.25) is 0 Å². The molecule has 0 aromatic carbocycles. The highest BCUT2D eigenvalue weighted by molar-refractivity contribution is 4.61. The third-order valence-corrected chi connectivity index (χ3v) is 1.44. The molecule has 0 aliphatic heterocycles. The third kappa shape index (κ3) is 11.7. The first-order valence-corrected chi connectivity index (χ1v) is 5.25. The van der Waals surface area contributed by atoms with Crippen LogP contribution in [0.4, 0.5) is 0 Å². The molecule has 0 aliphatic carbocycles. The lowest BCUT2D eigenvalue weighted by Crippen LogP contribution is -4.24. The molecule has 0 rings (SSSR count). The fourth-order valence-electron chi connectivity index (χ4n) is 0.122. The second-order valence-electron chi connectivity index (χ2n) is 0.942. The fraction of sp³-hybridized carbons (Fsp3) is 0.333. The molecule has 0 spiro atoms. The highest BCUT2D eigenvalue weighted by Crippen LogP contribution is 1.54. The lowest BCUT2D eigenvalue weighted by Gasteiger charge is -2.02. The van der Waals surface area contributed by atoms with E-state index >= 15 is 0 Å². The minimum atomic E-state index is -5.36. The minimum absolute atomic E-state index is 0. The highest BCUT2D eigenvalue weighted by Gasteiger charge is 2.23. The zero-order valence-corrected chi connectivity index (χ0v) is 6.87. The second-order valence-corrected chi connectivity index (χ2v) is 3.72. The van der Waals surface area contributed by atoms with Gasteiger partial charge < -0.3 is 6.15 Å².